The lowest BCUT2D eigenvalue weighted by molar-refractivity contribution is 0.0658. The van der Waals surface area contributed by atoms with Crippen LogP contribution in [0.5, 0.6) is 0 Å². The molecule has 0 aromatic carbocycles. The molecule has 0 saturated carbocycles. The average molecular weight is 484 g/mol. The van der Waals surface area contributed by atoms with Crippen LogP contribution in [0.2, 0.25) is 0 Å². The van der Waals surface area contributed by atoms with Gasteiger partial charge in [-0.15, -0.1) is 24.0 Å². The van der Waals surface area contributed by atoms with Gasteiger partial charge in [0.05, 0.1) is 12.0 Å². The van der Waals surface area contributed by atoms with Gasteiger partial charge in [0.15, 0.2) is 21.6 Å². The smallest absolute Gasteiger partial charge is 0.289 e. The maximum atomic E-state index is 12.2. The summed E-state index contributed by atoms with van der Waals surface area (Å²) in [6.07, 6.45) is 1.49. The van der Waals surface area contributed by atoms with Gasteiger partial charge in [0.1, 0.15) is 0 Å². The first-order chi connectivity index (χ1) is 11.5. The summed E-state index contributed by atoms with van der Waals surface area (Å²) >= 11 is 0. The van der Waals surface area contributed by atoms with Crippen molar-refractivity contribution < 1.29 is 17.6 Å². The Bertz CT molecular complexity index is 668. The van der Waals surface area contributed by atoms with Crippen LogP contribution < -0.4 is 5.32 Å². The van der Waals surface area contributed by atoms with Crippen LogP contribution in [0.1, 0.15) is 17.5 Å². The van der Waals surface area contributed by atoms with Crippen LogP contribution in [-0.2, 0) is 9.84 Å². The number of furan rings is 1. The van der Waals surface area contributed by atoms with E-state index in [0.717, 1.165) is 0 Å². The number of nitrogens with one attached hydrogen (secondary N) is 1. The Morgan fingerprint density at radius 3 is 2.44 bits per heavy atom. The average Bonchev–Trinajstić information content (AvgIpc) is 3.13. The molecule has 25 heavy (non-hydrogen) atoms. The molecule has 1 saturated heterocycles. The van der Waals surface area contributed by atoms with Crippen molar-refractivity contribution in [3.8, 4) is 0 Å². The van der Waals surface area contributed by atoms with E-state index in [-0.39, 0.29) is 41.4 Å². The van der Waals surface area contributed by atoms with Gasteiger partial charge >= 0.3 is 0 Å². The number of rotatable bonds is 5. The van der Waals surface area contributed by atoms with Crippen LogP contribution in [-0.4, -0.2) is 81.4 Å². The Morgan fingerprint density at radius 1 is 1.28 bits per heavy atom. The molecule has 1 aliphatic rings. The fraction of sp³-hybridized carbons (Fsp3) is 0.600. The maximum absolute atomic E-state index is 12.2. The van der Waals surface area contributed by atoms with Crippen molar-refractivity contribution in [2.75, 3.05) is 51.3 Å². The number of sulfone groups is 1. The third-order valence-electron chi connectivity index (χ3n) is 3.95. The summed E-state index contributed by atoms with van der Waals surface area (Å²) in [5, 5.41) is 3.08. The molecule has 1 fully saturated rings. The van der Waals surface area contributed by atoms with E-state index in [1.54, 1.807) is 31.0 Å². The highest BCUT2D eigenvalue weighted by molar-refractivity contribution is 14.0. The zero-order valence-electron chi connectivity index (χ0n) is 14.5. The summed E-state index contributed by atoms with van der Waals surface area (Å²) in [5.41, 5.74) is 0. The molecule has 142 valence electrons. The molecule has 0 spiro atoms. The third kappa shape index (κ3) is 6.17. The number of carbonyl (C=O) groups excluding carboxylic acids is 1. The van der Waals surface area contributed by atoms with Crippen molar-refractivity contribution >= 4 is 45.7 Å². The lowest BCUT2D eigenvalue weighted by Gasteiger charge is -2.36. The number of nitrogens with zero attached hydrogens (tertiary/aromatic N) is 3. The number of guanidine groups is 1. The first-order valence-electron chi connectivity index (χ1n) is 7.95. The van der Waals surface area contributed by atoms with Gasteiger partial charge in [0.25, 0.3) is 5.91 Å². The van der Waals surface area contributed by atoms with E-state index in [0.29, 0.717) is 44.4 Å². The molecule has 0 unspecified atom stereocenters. The van der Waals surface area contributed by atoms with Gasteiger partial charge in [-0.3, -0.25) is 9.79 Å². The second-order valence-corrected chi connectivity index (χ2v) is 7.94. The first-order valence-corrected chi connectivity index (χ1v) is 9.77. The van der Waals surface area contributed by atoms with Crippen LogP contribution in [0.4, 0.5) is 0 Å². The molecule has 1 aromatic rings. The van der Waals surface area contributed by atoms with Crippen LogP contribution in [0.3, 0.4) is 0 Å². The van der Waals surface area contributed by atoms with E-state index in [9.17, 15) is 13.2 Å². The molecule has 0 bridgehead atoms. The van der Waals surface area contributed by atoms with Gasteiger partial charge in [-0.1, -0.05) is 6.92 Å². The number of aliphatic imine (C=N–C) groups is 1. The van der Waals surface area contributed by atoms with Gasteiger partial charge in [0.2, 0.25) is 0 Å². The van der Waals surface area contributed by atoms with Crippen LogP contribution in [0, 0.1) is 0 Å². The van der Waals surface area contributed by atoms with Gasteiger partial charge in [0, 0.05) is 45.5 Å². The second kappa shape index (κ2) is 10.00. The quantitative estimate of drug-likeness (QED) is 0.375. The molecule has 2 heterocycles. The van der Waals surface area contributed by atoms with Crippen molar-refractivity contribution in [3.05, 3.63) is 24.2 Å². The number of halogens is 1. The molecule has 2 rings (SSSR count). The van der Waals surface area contributed by atoms with Crippen LogP contribution in [0.15, 0.2) is 27.8 Å². The molecule has 1 amide bonds. The Kier molecular flexibility index (Phi) is 8.69. The Morgan fingerprint density at radius 2 is 1.92 bits per heavy atom. The zero-order valence-corrected chi connectivity index (χ0v) is 17.6. The standard InChI is InChI=1S/C15H24N4O4S.HI/c1-3-24(21,22)12-6-17-15(16-2)19-9-7-18(8-10-19)14(20)13-5-4-11-23-13;/h4-5,11H,3,6-10,12H2,1-2H3,(H,16,17);1H. The summed E-state index contributed by atoms with van der Waals surface area (Å²) in [4.78, 5) is 20.2. The van der Waals surface area contributed by atoms with Gasteiger partial charge < -0.3 is 19.5 Å². The van der Waals surface area contributed by atoms with Crippen molar-refractivity contribution in [2.24, 2.45) is 4.99 Å². The van der Waals surface area contributed by atoms with E-state index in [1.807, 2.05) is 4.90 Å². The van der Waals surface area contributed by atoms with Gasteiger partial charge in [-0.25, -0.2) is 8.42 Å². The SMILES string of the molecule is CCS(=O)(=O)CCNC(=NC)N1CCN(C(=O)c2ccco2)CC1.I. The number of piperazine rings is 1. The Hall–Kier alpha value is -1.30. The fourth-order valence-corrected chi connectivity index (χ4v) is 3.17. The number of hydrogen-bond acceptors (Lipinski definition) is 5. The predicted molar refractivity (Wildman–Crippen MR) is 107 cm³/mol. The summed E-state index contributed by atoms with van der Waals surface area (Å²) in [6.45, 7) is 4.36. The lowest BCUT2D eigenvalue weighted by Crippen LogP contribution is -2.54. The van der Waals surface area contributed by atoms with E-state index in [4.69, 9.17) is 4.42 Å². The minimum atomic E-state index is -3.00. The van der Waals surface area contributed by atoms with E-state index >= 15 is 0 Å². The number of amides is 1. The largest absolute Gasteiger partial charge is 0.459 e. The highest BCUT2D eigenvalue weighted by atomic mass is 127. The van der Waals surface area contributed by atoms with Crippen molar-refractivity contribution in [3.63, 3.8) is 0 Å². The first kappa shape index (κ1) is 21.7. The number of carbonyl (C=O) groups is 1. The van der Waals surface area contributed by atoms with Gasteiger partial charge in [-0.05, 0) is 12.1 Å². The predicted octanol–water partition coefficient (Wildman–Crippen LogP) is 0.666. The molecule has 0 aliphatic carbocycles. The van der Waals surface area contributed by atoms with E-state index in [1.165, 1.54) is 6.26 Å². The summed E-state index contributed by atoms with van der Waals surface area (Å²) in [6, 6.07) is 3.35. The normalized spacial score (nSPS) is 15.7. The van der Waals surface area contributed by atoms with Crippen molar-refractivity contribution in [1.29, 1.82) is 0 Å². The minimum Gasteiger partial charge on any atom is -0.459 e. The second-order valence-electron chi connectivity index (χ2n) is 5.47. The van der Waals surface area contributed by atoms with Crippen molar-refractivity contribution in [2.45, 2.75) is 6.92 Å². The maximum Gasteiger partial charge on any atom is 0.289 e. The van der Waals surface area contributed by atoms with Crippen molar-refractivity contribution in [1.82, 2.24) is 15.1 Å². The molecule has 8 nitrogen and oxygen atoms in total. The monoisotopic (exact) mass is 484 g/mol. The topological polar surface area (TPSA) is 95.2 Å². The molecule has 1 aliphatic heterocycles. The highest BCUT2D eigenvalue weighted by Crippen LogP contribution is 2.09. The van der Waals surface area contributed by atoms with E-state index < -0.39 is 9.84 Å². The lowest BCUT2D eigenvalue weighted by atomic mass is 10.3. The molecule has 1 N–H and O–H groups in total. The third-order valence-corrected chi connectivity index (χ3v) is 5.65. The van der Waals surface area contributed by atoms with Crippen LogP contribution >= 0.6 is 24.0 Å². The highest BCUT2D eigenvalue weighted by Gasteiger charge is 2.25. The summed E-state index contributed by atoms with van der Waals surface area (Å²) < 4.78 is 28.2. The van der Waals surface area contributed by atoms with Gasteiger partial charge in [-0.2, -0.15) is 0 Å². The Labute approximate surface area is 165 Å². The summed E-state index contributed by atoms with van der Waals surface area (Å²) in [5.74, 6) is 1.11. The Balaban J connectivity index is 0.00000312. The van der Waals surface area contributed by atoms with E-state index in [2.05, 4.69) is 10.3 Å². The molecule has 0 atom stereocenters. The molecule has 0 radical (unpaired) electrons. The number of hydrogen-bond donors (Lipinski definition) is 1. The summed E-state index contributed by atoms with van der Waals surface area (Å²) in [7, 11) is -1.33. The molecular formula is C15H25IN4O4S. The molecular weight excluding hydrogens is 459 g/mol. The molecule has 10 heteroatoms. The molecule has 1 aromatic heterocycles. The minimum absolute atomic E-state index is 0. The zero-order chi connectivity index (χ0) is 17.6. The van der Waals surface area contributed by atoms with Crippen LogP contribution in [0.25, 0.3) is 0 Å². The fourth-order valence-electron chi connectivity index (χ4n) is 2.47.